The maximum atomic E-state index is 12.2. The van der Waals surface area contributed by atoms with Gasteiger partial charge in [0.15, 0.2) is 5.65 Å². The van der Waals surface area contributed by atoms with Crippen molar-refractivity contribution in [1.29, 1.82) is 0 Å². The third-order valence-corrected chi connectivity index (χ3v) is 5.51. The Bertz CT molecular complexity index is 1070. The Labute approximate surface area is 157 Å². The molecule has 1 saturated carbocycles. The molecule has 1 aliphatic rings. The summed E-state index contributed by atoms with van der Waals surface area (Å²) in [6.45, 7) is 3.93. The number of amides is 1. The van der Waals surface area contributed by atoms with E-state index in [9.17, 15) is 4.79 Å². The van der Waals surface area contributed by atoms with Crippen molar-refractivity contribution in [2.75, 3.05) is 12.8 Å². The van der Waals surface area contributed by atoms with Crippen LogP contribution in [-0.4, -0.2) is 27.6 Å². The highest BCUT2D eigenvalue weighted by Crippen LogP contribution is 2.38. The Balaban J connectivity index is 2.05. The molecule has 140 valence electrons. The Kier molecular flexibility index (Phi) is 4.02. The molecule has 1 fully saturated rings. The number of ether oxygens (including phenoxy) is 1. The van der Waals surface area contributed by atoms with Gasteiger partial charge in [-0.1, -0.05) is 12.5 Å². The number of nitrogens with two attached hydrogens (primary N) is 2. The number of hydrogen-bond donors (Lipinski definition) is 2. The Morgan fingerprint density at radius 3 is 2.63 bits per heavy atom. The molecule has 0 bridgehead atoms. The van der Waals surface area contributed by atoms with Crippen molar-refractivity contribution in [3.8, 4) is 11.4 Å². The van der Waals surface area contributed by atoms with Gasteiger partial charge in [0.05, 0.1) is 24.7 Å². The maximum Gasteiger partial charge on any atom is 0.254 e. The molecule has 2 heterocycles. The number of methoxy groups -OCH3 is 1. The summed E-state index contributed by atoms with van der Waals surface area (Å²) in [4.78, 5) is 21.5. The number of rotatable bonds is 4. The summed E-state index contributed by atoms with van der Waals surface area (Å²) < 4.78 is 7.22. The maximum absolute atomic E-state index is 12.2. The van der Waals surface area contributed by atoms with E-state index in [4.69, 9.17) is 21.2 Å². The van der Waals surface area contributed by atoms with Gasteiger partial charge in [-0.3, -0.25) is 9.36 Å². The summed E-state index contributed by atoms with van der Waals surface area (Å²) in [5, 5.41) is 0. The van der Waals surface area contributed by atoms with Gasteiger partial charge in [-0.2, -0.15) is 0 Å². The predicted molar refractivity (Wildman–Crippen MR) is 104 cm³/mol. The minimum absolute atomic E-state index is 0.222. The topological polar surface area (TPSA) is 109 Å². The number of benzene rings is 1. The van der Waals surface area contributed by atoms with Crippen LogP contribution in [0.1, 0.15) is 52.4 Å². The van der Waals surface area contributed by atoms with Crippen LogP contribution >= 0.6 is 0 Å². The lowest BCUT2D eigenvalue weighted by Gasteiger charge is -2.24. The summed E-state index contributed by atoms with van der Waals surface area (Å²) in [5.41, 5.74) is 16.9. The summed E-state index contributed by atoms with van der Waals surface area (Å²) in [7, 11) is 1.62. The lowest BCUT2D eigenvalue weighted by molar-refractivity contribution is 0.100. The predicted octanol–water partition coefficient (Wildman–Crippen LogP) is 2.99. The van der Waals surface area contributed by atoms with Crippen LogP contribution < -0.4 is 16.2 Å². The van der Waals surface area contributed by atoms with Crippen molar-refractivity contribution in [3.05, 3.63) is 40.7 Å². The van der Waals surface area contributed by atoms with Gasteiger partial charge in [-0.15, -0.1) is 0 Å². The molecular weight excluding hydrogens is 342 g/mol. The first-order valence-corrected chi connectivity index (χ1v) is 9.05. The van der Waals surface area contributed by atoms with Gasteiger partial charge in [-0.05, 0) is 38.3 Å². The first-order valence-electron chi connectivity index (χ1n) is 9.05. The van der Waals surface area contributed by atoms with E-state index in [-0.39, 0.29) is 11.4 Å². The van der Waals surface area contributed by atoms with Gasteiger partial charge in [0.25, 0.3) is 5.91 Å². The summed E-state index contributed by atoms with van der Waals surface area (Å²) in [6.07, 6.45) is 5.17. The van der Waals surface area contributed by atoms with Gasteiger partial charge < -0.3 is 16.2 Å². The zero-order valence-corrected chi connectivity index (χ0v) is 15.7. The minimum atomic E-state index is -0.602. The van der Waals surface area contributed by atoms with Crippen molar-refractivity contribution in [3.63, 3.8) is 0 Å². The van der Waals surface area contributed by atoms with E-state index in [2.05, 4.69) is 4.98 Å². The highest BCUT2D eigenvalue weighted by atomic mass is 16.5. The number of aryl methyl sites for hydroxylation is 1. The number of carbonyl (C=O) groups is 1. The molecule has 4 rings (SSSR count). The Hall–Kier alpha value is -3.09. The second-order valence-corrected chi connectivity index (χ2v) is 7.11. The fourth-order valence-electron chi connectivity index (χ4n) is 3.83. The quantitative estimate of drug-likeness (QED) is 0.739. The van der Waals surface area contributed by atoms with Crippen molar-refractivity contribution >= 4 is 22.9 Å². The lowest BCUT2D eigenvalue weighted by Crippen LogP contribution is -2.15. The average molecular weight is 365 g/mol. The average Bonchev–Trinajstić information content (AvgIpc) is 2.85. The second kappa shape index (κ2) is 6.26. The molecule has 0 spiro atoms. The number of anilines is 1. The van der Waals surface area contributed by atoms with Crippen LogP contribution in [0.15, 0.2) is 18.3 Å². The smallest absolute Gasteiger partial charge is 0.254 e. The zero-order valence-electron chi connectivity index (χ0n) is 15.7. The van der Waals surface area contributed by atoms with E-state index < -0.39 is 5.91 Å². The van der Waals surface area contributed by atoms with Crippen molar-refractivity contribution in [1.82, 2.24) is 14.5 Å². The summed E-state index contributed by atoms with van der Waals surface area (Å²) in [5.74, 6) is 0.779. The number of aromatic nitrogens is 3. The molecule has 7 heteroatoms. The molecule has 27 heavy (non-hydrogen) atoms. The molecule has 3 aromatic rings. The van der Waals surface area contributed by atoms with Gasteiger partial charge in [0, 0.05) is 11.5 Å². The molecule has 4 N–H and O–H groups in total. The molecular formula is C20H23N5O2. The van der Waals surface area contributed by atoms with Crippen LogP contribution in [0.25, 0.3) is 16.9 Å². The highest BCUT2D eigenvalue weighted by Gasteiger charge is 2.27. The zero-order chi connectivity index (χ0) is 19.3. The molecule has 0 unspecified atom stereocenters. The summed E-state index contributed by atoms with van der Waals surface area (Å²) in [6, 6.07) is 3.86. The molecule has 2 aromatic heterocycles. The number of primary amides is 1. The monoisotopic (exact) mass is 365 g/mol. The first kappa shape index (κ1) is 17.3. The van der Waals surface area contributed by atoms with E-state index in [0.29, 0.717) is 17.1 Å². The fourth-order valence-corrected chi connectivity index (χ4v) is 3.83. The molecule has 0 radical (unpaired) electrons. The highest BCUT2D eigenvalue weighted by molar-refractivity contribution is 6.09. The Morgan fingerprint density at radius 2 is 2.04 bits per heavy atom. The number of nitrogens with zero attached hydrogens (tertiary/aromatic N) is 3. The van der Waals surface area contributed by atoms with E-state index in [1.54, 1.807) is 17.9 Å². The molecule has 0 atom stereocenters. The molecule has 0 aliphatic heterocycles. The largest absolute Gasteiger partial charge is 0.496 e. The van der Waals surface area contributed by atoms with Crippen molar-refractivity contribution < 1.29 is 9.53 Å². The third kappa shape index (κ3) is 2.53. The molecule has 1 aliphatic carbocycles. The van der Waals surface area contributed by atoms with Crippen LogP contribution in [0.5, 0.6) is 5.75 Å². The lowest BCUT2D eigenvalue weighted by atomic mass is 9.83. The van der Waals surface area contributed by atoms with Crippen LogP contribution in [0, 0.1) is 13.8 Å². The van der Waals surface area contributed by atoms with Gasteiger partial charge in [0.1, 0.15) is 22.6 Å². The van der Waals surface area contributed by atoms with Crippen LogP contribution in [0.3, 0.4) is 0 Å². The second-order valence-electron chi connectivity index (χ2n) is 7.11. The normalized spacial score (nSPS) is 14.3. The molecule has 7 nitrogen and oxygen atoms in total. The number of fused-ring (bicyclic) bond motifs is 1. The van der Waals surface area contributed by atoms with E-state index >= 15 is 0 Å². The molecule has 1 aromatic carbocycles. The third-order valence-electron chi connectivity index (χ3n) is 5.51. The van der Waals surface area contributed by atoms with E-state index in [1.807, 2.05) is 26.0 Å². The first-order chi connectivity index (χ1) is 12.9. The summed E-state index contributed by atoms with van der Waals surface area (Å²) >= 11 is 0. The number of nitrogen functional groups attached to an aromatic ring is 1. The Morgan fingerprint density at radius 1 is 1.30 bits per heavy atom. The van der Waals surface area contributed by atoms with Crippen LogP contribution in [0.2, 0.25) is 0 Å². The number of hydrogen-bond acceptors (Lipinski definition) is 5. The van der Waals surface area contributed by atoms with Crippen molar-refractivity contribution in [2.24, 2.45) is 5.73 Å². The van der Waals surface area contributed by atoms with Crippen molar-refractivity contribution in [2.45, 2.75) is 39.0 Å². The van der Waals surface area contributed by atoms with Gasteiger partial charge in [-0.25, -0.2) is 9.97 Å². The molecule has 0 saturated heterocycles. The molecule has 1 amide bonds. The standard InChI is InChI=1S/C20H23N5O2/c1-10-7-8-14(27-3)11(2)17(10)25-18(21)15(19(22)26)16-20(25)23-9-13(24-16)12-5-4-6-12/h7-9,12H,4-6,21H2,1-3H3,(H2,22,26). The van der Waals surface area contributed by atoms with Gasteiger partial charge >= 0.3 is 0 Å². The minimum Gasteiger partial charge on any atom is -0.496 e. The van der Waals surface area contributed by atoms with E-state index in [1.165, 1.54) is 6.42 Å². The van der Waals surface area contributed by atoms with Crippen LogP contribution in [-0.2, 0) is 0 Å². The van der Waals surface area contributed by atoms with E-state index in [0.717, 1.165) is 41.1 Å². The van der Waals surface area contributed by atoms with Crippen LogP contribution in [0.4, 0.5) is 5.82 Å². The van der Waals surface area contributed by atoms with Gasteiger partial charge in [0.2, 0.25) is 0 Å². The fraction of sp³-hybridized carbons (Fsp3) is 0.350. The number of carbonyl (C=O) groups excluding carboxylic acids is 1. The SMILES string of the molecule is COc1ccc(C)c(-n2c(N)c(C(N)=O)c3nc(C4CCC4)cnc32)c1C.